The Balaban J connectivity index is 1.79. The van der Waals surface area contributed by atoms with Crippen molar-refractivity contribution in [3.8, 4) is 0 Å². The van der Waals surface area contributed by atoms with Gasteiger partial charge in [-0.1, -0.05) is 36.4 Å². The lowest BCUT2D eigenvalue weighted by molar-refractivity contribution is -0.121. The monoisotopic (exact) mass is 322 g/mol. The SMILES string of the molecule is O=CNc1ccc2c(c1)CC(N(C=O)Cc1ccccc1)CCC2. The Bertz CT molecular complexity index is 700. The lowest BCUT2D eigenvalue weighted by Crippen LogP contribution is -2.35. The summed E-state index contributed by atoms with van der Waals surface area (Å²) in [4.78, 5) is 24.2. The fourth-order valence-corrected chi connectivity index (χ4v) is 3.43. The van der Waals surface area contributed by atoms with E-state index >= 15 is 0 Å². The first-order valence-electron chi connectivity index (χ1n) is 8.37. The second-order valence-electron chi connectivity index (χ2n) is 6.26. The number of fused-ring (bicyclic) bond motifs is 1. The Morgan fingerprint density at radius 2 is 1.92 bits per heavy atom. The van der Waals surface area contributed by atoms with Crippen LogP contribution in [0.25, 0.3) is 0 Å². The molecule has 4 heteroatoms. The van der Waals surface area contributed by atoms with Crippen molar-refractivity contribution in [3.63, 3.8) is 0 Å². The van der Waals surface area contributed by atoms with E-state index in [1.54, 1.807) is 0 Å². The first-order chi connectivity index (χ1) is 11.8. The number of aryl methyl sites for hydroxylation is 1. The van der Waals surface area contributed by atoms with Crippen LogP contribution in [0.4, 0.5) is 5.69 Å². The van der Waals surface area contributed by atoms with Crippen LogP contribution < -0.4 is 5.32 Å². The number of amides is 2. The quantitative estimate of drug-likeness (QED) is 0.656. The van der Waals surface area contributed by atoms with Crippen LogP contribution in [0.1, 0.15) is 29.5 Å². The first-order valence-corrected chi connectivity index (χ1v) is 8.37. The summed E-state index contributed by atoms with van der Waals surface area (Å²) in [6, 6.07) is 16.3. The van der Waals surface area contributed by atoms with Crippen molar-refractivity contribution in [1.82, 2.24) is 4.90 Å². The number of carbonyl (C=O) groups excluding carboxylic acids is 2. The third kappa shape index (κ3) is 3.82. The van der Waals surface area contributed by atoms with Crippen molar-refractivity contribution in [3.05, 3.63) is 65.2 Å². The number of nitrogens with one attached hydrogen (secondary N) is 1. The molecule has 0 heterocycles. The third-order valence-electron chi connectivity index (χ3n) is 4.68. The van der Waals surface area contributed by atoms with Gasteiger partial charge in [-0.05, 0) is 54.5 Å². The Kier molecular flexibility index (Phi) is 5.26. The summed E-state index contributed by atoms with van der Waals surface area (Å²) in [7, 11) is 0. The Labute approximate surface area is 142 Å². The maximum Gasteiger partial charge on any atom is 0.211 e. The second-order valence-corrected chi connectivity index (χ2v) is 6.26. The highest BCUT2D eigenvalue weighted by molar-refractivity contribution is 5.71. The van der Waals surface area contributed by atoms with Crippen molar-refractivity contribution in [2.45, 2.75) is 38.3 Å². The van der Waals surface area contributed by atoms with E-state index in [0.29, 0.717) is 13.0 Å². The summed E-state index contributed by atoms with van der Waals surface area (Å²) < 4.78 is 0. The number of anilines is 1. The van der Waals surface area contributed by atoms with E-state index in [0.717, 1.165) is 43.3 Å². The van der Waals surface area contributed by atoms with Gasteiger partial charge in [-0.2, -0.15) is 0 Å². The van der Waals surface area contributed by atoms with E-state index in [9.17, 15) is 9.59 Å². The van der Waals surface area contributed by atoms with Crippen LogP contribution in [0.15, 0.2) is 48.5 Å². The standard InChI is InChI=1S/C20H22N2O2/c23-14-21-19-10-9-17-7-4-8-20(12-18(17)11-19)22(15-24)13-16-5-2-1-3-6-16/h1-3,5-6,9-11,14-15,20H,4,7-8,12-13H2,(H,21,23). The van der Waals surface area contributed by atoms with Gasteiger partial charge in [0.15, 0.2) is 0 Å². The molecule has 0 aliphatic heterocycles. The Morgan fingerprint density at radius 1 is 1.08 bits per heavy atom. The molecule has 0 saturated carbocycles. The topological polar surface area (TPSA) is 49.4 Å². The van der Waals surface area contributed by atoms with Gasteiger partial charge in [-0.25, -0.2) is 0 Å². The molecule has 1 atom stereocenters. The number of nitrogens with zero attached hydrogens (tertiary/aromatic N) is 1. The summed E-state index contributed by atoms with van der Waals surface area (Å²) in [5, 5.41) is 2.71. The molecule has 3 rings (SSSR count). The van der Waals surface area contributed by atoms with E-state index in [2.05, 4.69) is 11.4 Å². The maximum atomic E-state index is 11.7. The van der Waals surface area contributed by atoms with Crippen LogP contribution in [0.3, 0.4) is 0 Å². The van der Waals surface area contributed by atoms with Gasteiger partial charge >= 0.3 is 0 Å². The van der Waals surface area contributed by atoms with Gasteiger partial charge < -0.3 is 10.2 Å². The minimum atomic E-state index is 0.190. The predicted octanol–water partition coefficient (Wildman–Crippen LogP) is 3.16. The van der Waals surface area contributed by atoms with Crippen LogP contribution in [-0.4, -0.2) is 23.8 Å². The lowest BCUT2D eigenvalue weighted by Gasteiger charge is -2.28. The molecule has 1 N–H and O–H groups in total. The number of carbonyl (C=O) groups is 2. The molecule has 0 radical (unpaired) electrons. The molecule has 2 aromatic rings. The number of hydrogen-bond donors (Lipinski definition) is 1. The zero-order valence-electron chi connectivity index (χ0n) is 13.7. The number of hydrogen-bond acceptors (Lipinski definition) is 2. The molecule has 1 unspecified atom stereocenters. The molecule has 0 spiro atoms. The van der Waals surface area contributed by atoms with Crippen LogP contribution in [-0.2, 0) is 29.0 Å². The van der Waals surface area contributed by atoms with Crippen molar-refractivity contribution >= 4 is 18.5 Å². The Hall–Kier alpha value is -2.62. The molecule has 124 valence electrons. The summed E-state index contributed by atoms with van der Waals surface area (Å²) in [6.07, 6.45) is 5.58. The number of benzene rings is 2. The van der Waals surface area contributed by atoms with Gasteiger partial charge in [-0.3, -0.25) is 9.59 Å². The van der Waals surface area contributed by atoms with Gasteiger partial charge in [0.05, 0.1) is 0 Å². The molecule has 1 aliphatic carbocycles. The average Bonchev–Trinajstić information content (AvgIpc) is 2.82. The molecule has 4 nitrogen and oxygen atoms in total. The summed E-state index contributed by atoms with van der Waals surface area (Å²) in [6.45, 7) is 0.636. The zero-order valence-corrected chi connectivity index (χ0v) is 13.7. The van der Waals surface area contributed by atoms with Gasteiger partial charge in [0.25, 0.3) is 0 Å². The number of rotatable bonds is 6. The largest absolute Gasteiger partial charge is 0.338 e. The van der Waals surface area contributed by atoms with Crippen molar-refractivity contribution in [2.24, 2.45) is 0 Å². The van der Waals surface area contributed by atoms with Gasteiger partial charge in [0, 0.05) is 18.3 Å². The van der Waals surface area contributed by atoms with Gasteiger partial charge in [0.2, 0.25) is 12.8 Å². The normalized spacial score (nSPS) is 16.6. The first kappa shape index (κ1) is 16.2. The highest BCUT2D eigenvalue weighted by Crippen LogP contribution is 2.26. The fourth-order valence-electron chi connectivity index (χ4n) is 3.43. The van der Waals surface area contributed by atoms with E-state index in [1.807, 2.05) is 47.4 Å². The smallest absolute Gasteiger partial charge is 0.211 e. The molecule has 0 aromatic heterocycles. The summed E-state index contributed by atoms with van der Waals surface area (Å²) in [5.74, 6) is 0. The van der Waals surface area contributed by atoms with Crippen molar-refractivity contribution in [1.29, 1.82) is 0 Å². The molecule has 0 saturated heterocycles. The molecule has 0 fully saturated rings. The minimum Gasteiger partial charge on any atom is -0.338 e. The zero-order chi connectivity index (χ0) is 16.8. The van der Waals surface area contributed by atoms with Gasteiger partial charge in [-0.15, -0.1) is 0 Å². The fraction of sp³-hybridized carbons (Fsp3) is 0.300. The third-order valence-corrected chi connectivity index (χ3v) is 4.68. The van der Waals surface area contributed by atoms with E-state index in [-0.39, 0.29) is 6.04 Å². The molecular weight excluding hydrogens is 300 g/mol. The van der Waals surface area contributed by atoms with Crippen LogP contribution >= 0.6 is 0 Å². The summed E-state index contributed by atoms with van der Waals surface area (Å²) in [5.41, 5.74) is 4.50. The minimum absolute atomic E-state index is 0.190. The molecule has 24 heavy (non-hydrogen) atoms. The van der Waals surface area contributed by atoms with E-state index < -0.39 is 0 Å². The van der Waals surface area contributed by atoms with Crippen LogP contribution in [0.2, 0.25) is 0 Å². The Morgan fingerprint density at radius 3 is 2.67 bits per heavy atom. The van der Waals surface area contributed by atoms with Crippen molar-refractivity contribution in [2.75, 3.05) is 5.32 Å². The molecule has 1 aliphatic rings. The van der Waals surface area contributed by atoms with E-state index in [1.165, 1.54) is 11.1 Å². The molecular formula is C20H22N2O2. The molecule has 2 aromatic carbocycles. The van der Waals surface area contributed by atoms with Crippen LogP contribution in [0.5, 0.6) is 0 Å². The second kappa shape index (κ2) is 7.77. The average molecular weight is 322 g/mol. The maximum absolute atomic E-state index is 11.7. The molecule has 0 bridgehead atoms. The highest BCUT2D eigenvalue weighted by Gasteiger charge is 2.22. The van der Waals surface area contributed by atoms with Crippen LogP contribution in [0, 0.1) is 0 Å². The predicted molar refractivity (Wildman–Crippen MR) is 94.6 cm³/mol. The lowest BCUT2D eigenvalue weighted by atomic mass is 10.00. The highest BCUT2D eigenvalue weighted by atomic mass is 16.1. The summed E-state index contributed by atoms with van der Waals surface area (Å²) >= 11 is 0. The van der Waals surface area contributed by atoms with E-state index in [4.69, 9.17) is 0 Å². The molecule has 2 amide bonds. The van der Waals surface area contributed by atoms with Gasteiger partial charge in [0.1, 0.15) is 0 Å². The van der Waals surface area contributed by atoms with Crippen molar-refractivity contribution < 1.29 is 9.59 Å².